The molecule has 0 saturated heterocycles. The van der Waals surface area contributed by atoms with Crippen LogP contribution in [0.25, 0.3) is 0 Å². The Kier molecular flexibility index (Phi) is 6.49. The van der Waals surface area contributed by atoms with E-state index in [1.54, 1.807) is 37.3 Å². The highest BCUT2D eigenvalue weighted by molar-refractivity contribution is 7.92. The first kappa shape index (κ1) is 20.8. The Labute approximate surface area is 161 Å². The zero-order chi connectivity index (χ0) is 20.2. The summed E-state index contributed by atoms with van der Waals surface area (Å²) in [6.07, 6.45) is 1.43. The number of carbonyl (C=O) groups is 1. The minimum atomic E-state index is -3.67. The normalized spacial score (nSPS) is 12.3. The van der Waals surface area contributed by atoms with Gasteiger partial charge in [0.2, 0.25) is 15.9 Å². The molecule has 0 radical (unpaired) electrons. The van der Waals surface area contributed by atoms with E-state index < -0.39 is 22.0 Å². The van der Waals surface area contributed by atoms with Crippen LogP contribution in [0.1, 0.15) is 24.5 Å². The number of amides is 1. The predicted molar refractivity (Wildman–Crippen MR) is 109 cm³/mol. The largest absolute Gasteiger partial charge is 0.495 e. The first-order valence-electron chi connectivity index (χ1n) is 8.69. The van der Waals surface area contributed by atoms with E-state index in [-0.39, 0.29) is 0 Å². The predicted octanol–water partition coefficient (Wildman–Crippen LogP) is 3.50. The number of ether oxygens (including phenoxy) is 1. The number of sulfonamides is 1. The van der Waals surface area contributed by atoms with Gasteiger partial charge in [0, 0.05) is 0 Å². The Bertz CT molecular complexity index is 925. The third-order valence-corrected chi connectivity index (χ3v) is 5.38. The van der Waals surface area contributed by atoms with Gasteiger partial charge in [0.1, 0.15) is 11.8 Å². The number of nitrogens with one attached hydrogen (secondary N) is 1. The molecule has 2 aromatic rings. The van der Waals surface area contributed by atoms with Gasteiger partial charge in [0.25, 0.3) is 0 Å². The number of hydrogen-bond acceptors (Lipinski definition) is 4. The van der Waals surface area contributed by atoms with Crippen molar-refractivity contribution in [2.24, 2.45) is 0 Å². The minimum absolute atomic E-state index is 0.320. The number of anilines is 2. The summed E-state index contributed by atoms with van der Waals surface area (Å²) in [7, 11) is -2.14. The molecule has 7 heteroatoms. The molecule has 0 bridgehead atoms. The third kappa shape index (κ3) is 5.01. The molecule has 2 aromatic carbocycles. The lowest BCUT2D eigenvalue weighted by Crippen LogP contribution is -2.47. The average molecular weight is 391 g/mol. The van der Waals surface area contributed by atoms with Crippen LogP contribution in [0.15, 0.2) is 42.5 Å². The molecule has 0 unspecified atom stereocenters. The molecule has 0 fully saturated rings. The molecule has 1 atom stereocenters. The van der Waals surface area contributed by atoms with Crippen molar-refractivity contribution >= 4 is 27.3 Å². The van der Waals surface area contributed by atoms with Crippen molar-refractivity contribution in [3.05, 3.63) is 53.6 Å². The van der Waals surface area contributed by atoms with Gasteiger partial charge in [-0.15, -0.1) is 0 Å². The number of benzene rings is 2. The lowest BCUT2D eigenvalue weighted by Gasteiger charge is -2.30. The summed E-state index contributed by atoms with van der Waals surface area (Å²) >= 11 is 0. The SMILES string of the molecule is CC[C@H](C(=O)Nc1cc(C)ccc1OC)N(c1cccc(C)c1)S(C)(=O)=O. The van der Waals surface area contributed by atoms with E-state index in [4.69, 9.17) is 4.74 Å². The quantitative estimate of drug-likeness (QED) is 0.785. The maximum Gasteiger partial charge on any atom is 0.248 e. The summed E-state index contributed by atoms with van der Waals surface area (Å²) in [6, 6.07) is 11.6. The zero-order valence-electron chi connectivity index (χ0n) is 16.3. The molecular weight excluding hydrogens is 364 g/mol. The standard InChI is InChI=1S/C20H26N2O4S/c1-6-18(20(23)21-17-13-15(3)10-11-19(17)26-4)22(27(5,24)25)16-9-7-8-14(2)12-16/h7-13,18H,6H2,1-5H3,(H,21,23)/t18-/m1/s1. The first-order chi connectivity index (χ1) is 12.7. The van der Waals surface area contributed by atoms with Gasteiger partial charge >= 0.3 is 0 Å². The Balaban J connectivity index is 2.42. The van der Waals surface area contributed by atoms with E-state index in [0.29, 0.717) is 23.5 Å². The summed E-state index contributed by atoms with van der Waals surface area (Å²) in [6.45, 7) is 5.57. The summed E-state index contributed by atoms with van der Waals surface area (Å²) in [5.74, 6) is 0.110. The second-order valence-corrected chi connectivity index (χ2v) is 8.37. The molecule has 0 aromatic heterocycles. The molecule has 146 valence electrons. The molecular formula is C20H26N2O4S. The third-order valence-electron chi connectivity index (χ3n) is 4.20. The van der Waals surface area contributed by atoms with Crippen molar-refractivity contribution in [2.45, 2.75) is 33.2 Å². The van der Waals surface area contributed by atoms with Crippen LogP contribution in [0.3, 0.4) is 0 Å². The van der Waals surface area contributed by atoms with Crippen LogP contribution in [0.2, 0.25) is 0 Å². The molecule has 0 saturated carbocycles. The van der Waals surface area contributed by atoms with Crippen molar-refractivity contribution in [3.8, 4) is 5.75 Å². The highest BCUT2D eigenvalue weighted by Gasteiger charge is 2.32. The molecule has 1 N–H and O–H groups in total. The Hall–Kier alpha value is -2.54. The topological polar surface area (TPSA) is 75.7 Å². The molecule has 0 aliphatic carbocycles. The number of nitrogens with zero attached hydrogens (tertiary/aromatic N) is 1. The van der Waals surface area contributed by atoms with Gasteiger partial charge in [-0.3, -0.25) is 9.10 Å². The maximum atomic E-state index is 13.0. The van der Waals surface area contributed by atoms with Crippen LogP contribution in [0.4, 0.5) is 11.4 Å². The van der Waals surface area contributed by atoms with Gasteiger partial charge < -0.3 is 10.1 Å². The molecule has 1 amide bonds. The monoisotopic (exact) mass is 390 g/mol. The summed E-state index contributed by atoms with van der Waals surface area (Å²) in [4.78, 5) is 13.0. The van der Waals surface area contributed by atoms with Gasteiger partial charge in [-0.1, -0.05) is 25.1 Å². The molecule has 2 rings (SSSR count). The summed E-state index contributed by atoms with van der Waals surface area (Å²) in [5.41, 5.74) is 2.85. The molecule has 27 heavy (non-hydrogen) atoms. The van der Waals surface area contributed by atoms with Gasteiger partial charge in [-0.05, 0) is 55.7 Å². The summed E-state index contributed by atoms with van der Waals surface area (Å²) < 4.78 is 31.5. The fraction of sp³-hybridized carbons (Fsp3) is 0.350. The van der Waals surface area contributed by atoms with E-state index in [2.05, 4.69) is 5.32 Å². The maximum absolute atomic E-state index is 13.0. The number of rotatable bonds is 7. The number of carbonyl (C=O) groups excluding carboxylic acids is 1. The highest BCUT2D eigenvalue weighted by Crippen LogP contribution is 2.28. The first-order valence-corrected chi connectivity index (χ1v) is 10.5. The fourth-order valence-corrected chi connectivity index (χ4v) is 4.16. The number of hydrogen-bond donors (Lipinski definition) is 1. The van der Waals surface area contributed by atoms with E-state index in [0.717, 1.165) is 17.4 Å². The molecule has 0 heterocycles. The van der Waals surface area contributed by atoms with Crippen molar-refractivity contribution in [1.82, 2.24) is 0 Å². The Morgan fingerprint density at radius 2 is 1.81 bits per heavy atom. The Morgan fingerprint density at radius 1 is 1.15 bits per heavy atom. The van der Waals surface area contributed by atoms with E-state index in [1.165, 1.54) is 11.4 Å². The van der Waals surface area contributed by atoms with Crippen LogP contribution < -0.4 is 14.4 Å². The minimum Gasteiger partial charge on any atom is -0.495 e. The molecule has 0 aliphatic heterocycles. The van der Waals surface area contributed by atoms with Gasteiger partial charge in [0.05, 0.1) is 24.7 Å². The van der Waals surface area contributed by atoms with Crippen LogP contribution in [-0.2, 0) is 14.8 Å². The van der Waals surface area contributed by atoms with Crippen molar-refractivity contribution < 1.29 is 17.9 Å². The average Bonchev–Trinajstić information content (AvgIpc) is 2.58. The van der Waals surface area contributed by atoms with Crippen LogP contribution in [0.5, 0.6) is 5.75 Å². The second-order valence-electron chi connectivity index (χ2n) is 6.51. The highest BCUT2D eigenvalue weighted by atomic mass is 32.2. The van der Waals surface area contributed by atoms with Crippen LogP contribution in [-0.4, -0.2) is 33.7 Å². The van der Waals surface area contributed by atoms with Crippen LogP contribution in [0, 0.1) is 13.8 Å². The van der Waals surface area contributed by atoms with Gasteiger partial charge in [-0.25, -0.2) is 8.42 Å². The van der Waals surface area contributed by atoms with E-state index in [1.807, 2.05) is 26.0 Å². The van der Waals surface area contributed by atoms with E-state index in [9.17, 15) is 13.2 Å². The molecule has 0 aliphatic rings. The van der Waals surface area contributed by atoms with Gasteiger partial charge in [0.15, 0.2) is 0 Å². The lowest BCUT2D eigenvalue weighted by molar-refractivity contribution is -0.117. The van der Waals surface area contributed by atoms with Crippen molar-refractivity contribution in [1.29, 1.82) is 0 Å². The lowest BCUT2D eigenvalue weighted by atomic mass is 10.1. The van der Waals surface area contributed by atoms with Crippen molar-refractivity contribution in [3.63, 3.8) is 0 Å². The second kappa shape index (κ2) is 8.43. The fourth-order valence-electron chi connectivity index (χ4n) is 2.96. The number of methoxy groups -OCH3 is 1. The van der Waals surface area contributed by atoms with E-state index >= 15 is 0 Å². The zero-order valence-corrected chi connectivity index (χ0v) is 17.1. The Morgan fingerprint density at radius 3 is 2.37 bits per heavy atom. The summed E-state index contributed by atoms with van der Waals surface area (Å²) in [5, 5.41) is 2.82. The molecule has 0 spiro atoms. The van der Waals surface area contributed by atoms with Crippen molar-refractivity contribution in [2.75, 3.05) is 23.0 Å². The molecule has 6 nitrogen and oxygen atoms in total. The number of aryl methyl sites for hydroxylation is 2. The van der Waals surface area contributed by atoms with Crippen LogP contribution >= 0.6 is 0 Å². The van der Waals surface area contributed by atoms with Gasteiger partial charge in [-0.2, -0.15) is 0 Å². The smallest absolute Gasteiger partial charge is 0.248 e.